The van der Waals surface area contributed by atoms with E-state index in [9.17, 15) is 4.39 Å². The van der Waals surface area contributed by atoms with Crippen LogP contribution in [0.1, 0.15) is 29.5 Å². The molecule has 0 spiro atoms. The van der Waals surface area contributed by atoms with Crippen molar-refractivity contribution in [1.82, 2.24) is 5.32 Å². The highest BCUT2D eigenvalue weighted by Crippen LogP contribution is 2.18. The molecule has 100 valence electrons. The van der Waals surface area contributed by atoms with Crippen LogP contribution >= 0.6 is 0 Å². The third-order valence-electron chi connectivity index (χ3n) is 3.29. The van der Waals surface area contributed by atoms with Gasteiger partial charge < -0.3 is 10.1 Å². The topological polar surface area (TPSA) is 21.3 Å². The first kappa shape index (κ1) is 13.5. The van der Waals surface area contributed by atoms with Crippen molar-refractivity contribution in [2.24, 2.45) is 0 Å². The second-order valence-corrected chi connectivity index (χ2v) is 5.13. The van der Waals surface area contributed by atoms with Crippen LogP contribution in [0.15, 0.2) is 12.1 Å². The van der Waals surface area contributed by atoms with E-state index in [1.165, 1.54) is 12.8 Å². The molecule has 18 heavy (non-hydrogen) atoms. The van der Waals surface area contributed by atoms with Gasteiger partial charge >= 0.3 is 0 Å². The summed E-state index contributed by atoms with van der Waals surface area (Å²) in [5.74, 6) is -0.0895. The van der Waals surface area contributed by atoms with Crippen LogP contribution in [0.3, 0.4) is 0 Å². The maximum Gasteiger partial charge on any atom is 0.129 e. The van der Waals surface area contributed by atoms with Gasteiger partial charge in [-0.15, -0.1) is 0 Å². The first-order valence-corrected chi connectivity index (χ1v) is 6.73. The van der Waals surface area contributed by atoms with Gasteiger partial charge in [0.1, 0.15) is 5.82 Å². The average molecular weight is 251 g/mol. The summed E-state index contributed by atoms with van der Waals surface area (Å²) < 4.78 is 19.0. The van der Waals surface area contributed by atoms with Crippen molar-refractivity contribution in [3.8, 4) is 0 Å². The molecule has 1 aliphatic rings. The van der Waals surface area contributed by atoms with Gasteiger partial charge in [-0.05, 0) is 49.8 Å². The highest BCUT2D eigenvalue weighted by Gasteiger charge is 2.19. The van der Waals surface area contributed by atoms with E-state index in [-0.39, 0.29) is 5.82 Å². The molecule has 3 heteroatoms. The number of hydrogen-bond acceptors (Lipinski definition) is 2. The fourth-order valence-electron chi connectivity index (χ4n) is 2.09. The highest BCUT2D eigenvalue weighted by molar-refractivity contribution is 5.30. The summed E-state index contributed by atoms with van der Waals surface area (Å²) in [6, 6.07) is 4.57. The Morgan fingerprint density at radius 2 is 1.89 bits per heavy atom. The van der Waals surface area contributed by atoms with Gasteiger partial charge in [0.05, 0.1) is 13.2 Å². The molecule has 0 amide bonds. The molecule has 1 aliphatic carbocycles. The molecule has 1 aromatic carbocycles. The minimum Gasteiger partial charge on any atom is -0.380 e. The number of benzene rings is 1. The summed E-state index contributed by atoms with van der Waals surface area (Å²) in [5.41, 5.74) is 2.60. The number of ether oxygens (including phenoxy) is 1. The predicted molar refractivity (Wildman–Crippen MR) is 71.4 cm³/mol. The number of nitrogens with one attached hydrogen (secondary N) is 1. The molecule has 0 aliphatic heterocycles. The Morgan fingerprint density at radius 3 is 2.50 bits per heavy atom. The first-order valence-electron chi connectivity index (χ1n) is 6.73. The molecular formula is C15H22FNO. The van der Waals surface area contributed by atoms with Crippen LogP contribution in [0, 0.1) is 19.7 Å². The lowest BCUT2D eigenvalue weighted by Gasteiger charge is -2.08. The number of hydrogen-bond donors (Lipinski definition) is 1. The smallest absolute Gasteiger partial charge is 0.129 e. The summed E-state index contributed by atoms with van der Waals surface area (Å²) in [7, 11) is 0. The zero-order valence-electron chi connectivity index (χ0n) is 11.3. The molecule has 1 fully saturated rings. The maximum absolute atomic E-state index is 13.4. The minimum atomic E-state index is -0.0895. The van der Waals surface area contributed by atoms with Crippen molar-refractivity contribution < 1.29 is 9.13 Å². The fourth-order valence-corrected chi connectivity index (χ4v) is 2.09. The van der Waals surface area contributed by atoms with E-state index in [2.05, 4.69) is 5.32 Å². The Bertz CT molecular complexity index is 378. The monoisotopic (exact) mass is 251 g/mol. The Morgan fingerprint density at radius 1 is 1.22 bits per heavy atom. The van der Waals surface area contributed by atoms with E-state index in [0.29, 0.717) is 6.61 Å². The summed E-state index contributed by atoms with van der Waals surface area (Å²) in [6.07, 6.45) is 3.48. The second-order valence-electron chi connectivity index (χ2n) is 5.13. The van der Waals surface area contributed by atoms with Gasteiger partial charge in [-0.2, -0.15) is 0 Å². The van der Waals surface area contributed by atoms with Gasteiger partial charge in [0.2, 0.25) is 0 Å². The highest BCUT2D eigenvalue weighted by atomic mass is 19.1. The van der Waals surface area contributed by atoms with Crippen LogP contribution in [0.4, 0.5) is 4.39 Å². The SMILES string of the molecule is Cc1cc(CCOCCNC2CC2)cc(C)c1F. The number of halogens is 1. The zero-order chi connectivity index (χ0) is 13.0. The standard InChI is InChI=1S/C15H22FNO/c1-11-9-13(10-12(2)15(11)16)5-7-18-8-6-17-14-3-4-14/h9-10,14,17H,3-8H2,1-2H3. The molecule has 0 radical (unpaired) electrons. The van der Waals surface area contributed by atoms with E-state index >= 15 is 0 Å². The molecule has 1 N–H and O–H groups in total. The molecular weight excluding hydrogens is 229 g/mol. The normalized spacial score (nSPS) is 15.1. The van der Waals surface area contributed by atoms with Crippen LogP contribution in [-0.2, 0) is 11.2 Å². The van der Waals surface area contributed by atoms with Crippen LogP contribution in [-0.4, -0.2) is 25.8 Å². The lowest BCUT2D eigenvalue weighted by Crippen LogP contribution is -2.22. The number of aryl methyl sites for hydroxylation is 2. The van der Waals surface area contributed by atoms with E-state index in [1.807, 2.05) is 26.0 Å². The van der Waals surface area contributed by atoms with Gasteiger partial charge in [-0.3, -0.25) is 0 Å². The van der Waals surface area contributed by atoms with Gasteiger partial charge in [-0.25, -0.2) is 4.39 Å². The predicted octanol–water partition coefficient (Wildman–Crippen LogP) is 2.75. The van der Waals surface area contributed by atoms with Gasteiger partial charge in [0.25, 0.3) is 0 Å². The molecule has 0 unspecified atom stereocenters. The Balaban J connectivity index is 1.66. The van der Waals surface area contributed by atoms with E-state index < -0.39 is 0 Å². The fraction of sp³-hybridized carbons (Fsp3) is 0.600. The van der Waals surface area contributed by atoms with Gasteiger partial charge in [0.15, 0.2) is 0 Å². The lowest BCUT2D eigenvalue weighted by molar-refractivity contribution is 0.138. The van der Waals surface area contributed by atoms with Gasteiger partial charge in [0, 0.05) is 12.6 Å². The molecule has 0 bridgehead atoms. The van der Waals surface area contributed by atoms with Crippen LogP contribution in [0.5, 0.6) is 0 Å². The molecule has 2 nitrogen and oxygen atoms in total. The van der Waals surface area contributed by atoms with Crippen molar-refractivity contribution in [2.45, 2.75) is 39.2 Å². The van der Waals surface area contributed by atoms with Crippen molar-refractivity contribution >= 4 is 0 Å². The van der Waals surface area contributed by atoms with Crippen LogP contribution in [0.25, 0.3) is 0 Å². The zero-order valence-corrected chi connectivity index (χ0v) is 11.3. The van der Waals surface area contributed by atoms with Crippen molar-refractivity contribution in [1.29, 1.82) is 0 Å². The van der Waals surface area contributed by atoms with Crippen molar-refractivity contribution in [2.75, 3.05) is 19.8 Å². The molecule has 0 heterocycles. The summed E-state index contributed by atoms with van der Waals surface area (Å²) in [4.78, 5) is 0. The minimum absolute atomic E-state index is 0.0895. The van der Waals surface area contributed by atoms with E-state index in [4.69, 9.17) is 4.74 Å². The van der Waals surface area contributed by atoms with Crippen LogP contribution in [0.2, 0.25) is 0 Å². The summed E-state index contributed by atoms with van der Waals surface area (Å²) in [6.45, 7) is 6.02. The summed E-state index contributed by atoms with van der Waals surface area (Å²) in [5, 5.41) is 3.41. The third-order valence-corrected chi connectivity index (χ3v) is 3.29. The molecule has 1 saturated carbocycles. The summed E-state index contributed by atoms with van der Waals surface area (Å²) >= 11 is 0. The molecule has 2 rings (SSSR count). The quantitative estimate of drug-likeness (QED) is 0.752. The Labute approximate surface area is 109 Å². The van der Waals surface area contributed by atoms with Crippen molar-refractivity contribution in [3.63, 3.8) is 0 Å². The molecule has 1 aromatic rings. The average Bonchev–Trinajstić information content (AvgIpc) is 3.14. The third kappa shape index (κ3) is 4.07. The number of rotatable bonds is 7. The van der Waals surface area contributed by atoms with Gasteiger partial charge in [-0.1, -0.05) is 12.1 Å². The van der Waals surface area contributed by atoms with E-state index in [0.717, 1.165) is 42.3 Å². The van der Waals surface area contributed by atoms with E-state index in [1.54, 1.807) is 0 Å². The Hall–Kier alpha value is -0.930. The first-order chi connectivity index (χ1) is 8.66. The largest absolute Gasteiger partial charge is 0.380 e. The lowest BCUT2D eigenvalue weighted by atomic mass is 10.0. The molecule has 0 atom stereocenters. The van der Waals surface area contributed by atoms with Crippen molar-refractivity contribution in [3.05, 3.63) is 34.6 Å². The Kier molecular flexibility index (Phi) is 4.72. The molecule has 0 saturated heterocycles. The molecule has 0 aromatic heterocycles. The maximum atomic E-state index is 13.4. The van der Waals surface area contributed by atoms with Crippen LogP contribution < -0.4 is 5.32 Å². The second kappa shape index (κ2) is 6.30.